The Morgan fingerprint density at radius 2 is 1.80 bits per heavy atom. The van der Waals surface area contributed by atoms with Crippen LogP contribution in [0.15, 0.2) is 24.3 Å². The van der Waals surface area contributed by atoms with Gasteiger partial charge in [-0.3, -0.25) is 0 Å². The van der Waals surface area contributed by atoms with Crippen LogP contribution < -0.4 is 0 Å². The van der Waals surface area contributed by atoms with Crippen LogP contribution in [0.25, 0.3) is 0 Å². The lowest BCUT2D eigenvalue weighted by Gasteiger charge is -2.12. The molecule has 0 bridgehead atoms. The standard InChI is InChI=1S/C14H19N/c1-4-12-5-7-13(8-6-12)14(10-15)9-11(2)3/h5-8,11,14H,4,9H2,1-3H3. The van der Waals surface area contributed by atoms with Gasteiger partial charge in [0, 0.05) is 0 Å². The van der Waals surface area contributed by atoms with Gasteiger partial charge >= 0.3 is 0 Å². The van der Waals surface area contributed by atoms with Gasteiger partial charge in [-0.05, 0) is 29.9 Å². The Bertz CT molecular complexity index is 329. The molecule has 1 aromatic carbocycles. The smallest absolute Gasteiger partial charge is 0.0715 e. The highest BCUT2D eigenvalue weighted by Gasteiger charge is 2.11. The largest absolute Gasteiger partial charge is 0.198 e. The fraction of sp³-hybridized carbons (Fsp3) is 0.500. The highest BCUT2D eigenvalue weighted by Crippen LogP contribution is 2.23. The first-order valence-corrected chi connectivity index (χ1v) is 5.65. The molecule has 1 unspecified atom stereocenters. The number of hydrogen-bond donors (Lipinski definition) is 0. The Kier molecular flexibility index (Phi) is 4.37. The molecule has 0 radical (unpaired) electrons. The maximum absolute atomic E-state index is 9.10. The topological polar surface area (TPSA) is 23.8 Å². The van der Waals surface area contributed by atoms with Gasteiger partial charge in [-0.2, -0.15) is 5.26 Å². The molecule has 0 spiro atoms. The monoisotopic (exact) mass is 201 g/mol. The average Bonchev–Trinajstić information content (AvgIpc) is 2.26. The average molecular weight is 201 g/mol. The highest BCUT2D eigenvalue weighted by molar-refractivity contribution is 5.28. The van der Waals surface area contributed by atoms with Crippen molar-refractivity contribution in [2.24, 2.45) is 5.92 Å². The number of hydrogen-bond acceptors (Lipinski definition) is 1. The SMILES string of the molecule is CCc1ccc(C(C#N)CC(C)C)cc1. The molecule has 0 fully saturated rings. The third-order valence-corrected chi connectivity index (χ3v) is 2.65. The van der Waals surface area contributed by atoms with Crippen molar-refractivity contribution in [1.82, 2.24) is 0 Å². The van der Waals surface area contributed by atoms with Gasteiger partial charge in [-0.25, -0.2) is 0 Å². The van der Waals surface area contributed by atoms with E-state index in [4.69, 9.17) is 5.26 Å². The zero-order valence-corrected chi connectivity index (χ0v) is 9.83. The Hall–Kier alpha value is -1.29. The minimum Gasteiger partial charge on any atom is -0.198 e. The summed E-state index contributed by atoms with van der Waals surface area (Å²) in [6.07, 6.45) is 2.00. The van der Waals surface area contributed by atoms with E-state index in [9.17, 15) is 0 Å². The summed E-state index contributed by atoms with van der Waals surface area (Å²) in [5, 5.41) is 9.10. The molecule has 1 nitrogen and oxygen atoms in total. The second kappa shape index (κ2) is 5.56. The summed E-state index contributed by atoms with van der Waals surface area (Å²) in [6, 6.07) is 10.8. The van der Waals surface area contributed by atoms with E-state index in [1.54, 1.807) is 0 Å². The molecule has 0 N–H and O–H groups in total. The highest BCUT2D eigenvalue weighted by atomic mass is 14.3. The maximum Gasteiger partial charge on any atom is 0.0715 e. The molecular weight excluding hydrogens is 182 g/mol. The van der Waals surface area contributed by atoms with Gasteiger partial charge in [0.05, 0.1) is 12.0 Å². The molecule has 15 heavy (non-hydrogen) atoms. The van der Waals surface area contributed by atoms with Crippen LogP contribution in [-0.4, -0.2) is 0 Å². The van der Waals surface area contributed by atoms with Crippen molar-refractivity contribution in [3.8, 4) is 6.07 Å². The summed E-state index contributed by atoms with van der Waals surface area (Å²) in [5.74, 6) is 0.622. The second-order valence-corrected chi connectivity index (χ2v) is 4.41. The number of aryl methyl sites for hydroxylation is 1. The van der Waals surface area contributed by atoms with Crippen LogP contribution in [0.2, 0.25) is 0 Å². The molecule has 1 atom stereocenters. The lowest BCUT2D eigenvalue weighted by atomic mass is 9.91. The molecular formula is C14H19N. The maximum atomic E-state index is 9.10. The molecule has 0 aliphatic heterocycles. The normalized spacial score (nSPS) is 12.5. The van der Waals surface area contributed by atoms with Crippen LogP contribution >= 0.6 is 0 Å². The molecule has 1 heteroatoms. The summed E-state index contributed by atoms with van der Waals surface area (Å²) >= 11 is 0. The van der Waals surface area contributed by atoms with E-state index in [0.717, 1.165) is 18.4 Å². The van der Waals surface area contributed by atoms with E-state index in [1.165, 1.54) is 5.56 Å². The van der Waals surface area contributed by atoms with Crippen molar-refractivity contribution in [3.05, 3.63) is 35.4 Å². The van der Waals surface area contributed by atoms with Crippen molar-refractivity contribution >= 4 is 0 Å². The van der Waals surface area contributed by atoms with Crippen LogP contribution in [0.1, 0.15) is 44.2 Å². The van der Waals surface area contributed by atoms with Crippen LogP contribution in [0.3, 0.4) is 0 Å². The van der Waals surface area contributed by atoms with E-state index in [0.29, 0.717) is 5.92 Å². The molecule has 0 aliphatic rings. The lowest BCUT2D eigenvalue weighted by Crippen LogP contribution is -2.00. The van der Waals surface area contributed by atoms with Gasteiger partial charge < -0.3 is 0 Å². The van der Waals surface area contributed by atoms with E-state index >= 15 is 0 Å². The first-order valence-electron chi connectivity index (χ1n) is 5.65. The third-order valence-electron chi connectivity index (χ3n) is 2.65. The van der Waals surface area contributed by atoms with E-state index in [2.05, 4.69) is 51.1 Å². The van der Waals surface area contributed by atoms with Crippen molar-refractivity contribution in [2.45, 2.75) is 39.5 Å². The summed E-state index contributed by atoms with van der Waals surface area (Å²) in [4.78, 5) is 0. The van der Waals surface area contributed by atoms with Gasteiger partial charge in [0.25, 0.3) is 0 Å². The Morgan fingerprint density at radius 3 is 2.20 bits per heavy atom. The third kappa shape index (κ3) is 3.40. The van der Waals surface area contributed by atoms with Crippen LogP contribution in [0.5, 0.6) is 0 Å². The second-order valence-electron chi connectivity index (χ2n) is 4.41. The van der Waals surface area contributed by atoms with Crippen molar-refractivity contribution in [2.75, 3.05) is 0 Å². The molecule has 0 saturated carbocycles. The zero-order chi connectivity index (χ0) is 11.3. The van der Waals surface area contributed by atoms with Gasteiger partial charge in [-0.15, -0.1) is 0 Å². The molecule has 0 saturated heterocycles. The molecule has 0 aromatic heterocycles. The first-order chi connectivity index (χ1) is 7.17. The fourth-order valence-electron chi connectivity index (χ4n) is 1.72. The zero-order valence-electron chi connectivity index (χ0n) is 9.83. The van der Waals surface area contributed by atoms with Gasteiger partial charge in [0.1, 0.15) is 0 Å². The summed E-state index contributed by atoms with van der Waals surface area (Å²) in [6.45, 7) is 6.46. The minimum atomic E-state index is 0.0518. The summed E-state index contributed by atoms with van der Waals surface area (Å²) in [5.41, 5.74) is 2.49. The number of rotatable bonds is 4. The molecule has 0 amide bonds. The number of nitriles is 1. The summed E-state index contributed by atoms with van der Waals surface area (Å²) < 4.78 is 0. The molecule has 80 valence electrons. The van der Waals surface area contributed by atoms with Crippen molar-refractivity contribution in [1.29, 1.82) is 5.26 Å². The fourth-order valence-corrected chi connectivity index (χ4v) is 1.72. The molecule has 1 rings (SSSR count). The number of benzene rings is 1. The van der Waals surface area contributed by atoms with Gasteiger partial charge in [0.2, 0.25) is 0 Å². The van der Waals surface area contributed by atoms with Crippen LogP contribution in [0, 0.1) is 17.2 Å². The Balaban J connectivity index is 2.80. The predicted octanol–water partition coefficient (Wildman–Crippen LogP) is 3.90. The van der Waals surface area contributed by atoms with E-state index in [-0.39, 0.29) is 5.92 Å². The lowest BCUT2D eigenvalue weighted by molar-refractivity contribution is 0.555. The predicted molar refractivity (Wildman–Crippen MR) is 63.6 cm³/mol. The Labute approximate surface area is 92.7 Å². The van der Waals surface area contributed by atoms with Crippen molar-refractivity contribution in [3.63, 3.8) is 0 Å². The minimum absolute atomic E-state index is 0.0518. The first kappa shape index (κ1) is 11.8. The van der Waals surface area contributed by atoms with Gasteiger partial charge in [-0.1, -0.05) is 45.0 Å². The van der Waals surface area contributed by atoms with E-state index < -0.39 is 0 Å². The summed E-state index contributed by atoms with van der Waals surface area (Å²) in [7, 11) is 0. The quantitative estimate of drug-likeness (QED) is 0.724. The number of nitrogens with zero attached hydrogens (tertiary/aromatic N) is 1. The van der Waals surface area contributed by atoms with Crippen molar-refractivity contribution < 1.29 is 0 Å². The van der Waals surface area contributed by atoms with Crippen LogP contribution in [0.4, 0.5) is 0 Å². The molecule has 0 aliphatic carbocycles. The molecule has 1 aromatic rings. The van der Waals surface area contributed by atoms with Gasteiger partial charge in [0.15, 0.2) is 0 Å². The Morgan fingerprint density at radius 1 is 1.20 bits per heavy atom. The van der Waals surface area contributed by atoms with Crippen LogP contribution in [-0.2, 0) is 6.42 Å². The molecule has 0 heterocycles. The van der Waals surface area contributed by atoms with E-state index in [1.807, 2.05) is 0 Å².